The van der Waals surface area contributed by atoms with Crippen LogP contribution in [0.3, 0.4) is 0 Å². The fourth-order valence-corrected chi connectivity index (χ4v) is 3.12. The van der Waals surface area contributed by atoms with Gasteiger partial charge in [-0.15, -0.1) is 0 Å². The van der Waals surface area contributed by atoms with Gasteiger partial charge in [0.25, 0.3) is 0 Å². The second kappa shape index (κ2) is 6.23. The summed E-state index contributed by atoms with van der Waals surface area (Å²) in [5.74, 6) is 0. The normalized spacial score (nSPS) is 37.4. The SMILES string of the molecule is O=P1(O)OCCCCCCCC(Br)O1. The number of phosphoric ester groups is 1. The molecule has 14 heavy (non-hydrogen) atoms. The number of hydrogen-bond donors (Lipinski definition) is 1. The van der Waals surface area contributed by atoms with Gasteiger partial charge in [0.05, 0.1) is 6.61 Å². The molecule has 84 valence electrons. The monoisotopic (exact) mass is 286 g/mol. The third-order valence-corrected chi connectivity index (χ3v) is 4.04. The van der Waals surface area contributed by atoms with Gasteiger partial charge in [0.15, 0.2) is 0 Å². The molecule has 1 fully saturated rings. The van der Waals surface area contributed by atoms with Crippen LogP contribution in [0.5, 0.6) is 0 Å². The van der Waals surface area contributed by atoms with Crippen molar-refractivity contribution in [3.8, 4) is 0 Å². The van der Waals surface area contributed by atoms with E-state index in [-0.39, 0.29) is 5.01 Å². The average Bonchev–Trinajstić information content (AvgIpc) is 2.10. The van der Waals surface area contributed by atoms with Crippen molar-refractivity contribution in [2.75, 3.05) is 6.61 Å². The Labute approximate surface area is 92.7 Å². The summed E-state index contributed by atoms with van der Waals surface area (Å²) in [5, 5.41) is -0.378. The maximum atomic E-state index is 11.3. The number of hydrogen-bond acceptors (Lipinski definition) is 3. The summed E-state index contributed by atoms with van der Waals surface area (Å²) in [5.41, 5.74) is 0. The van der Waals surface area contributed by atoms with Crippen molar-refractivity contribution in [3.63, 3.8) is 0 Å². The largest absolute Gasteiger partial charge is 0.473 e. The molecular weight excluding hydrogens is 271 g/mol. The quantitative estimate of drug-likeness (QED) is 0.549. The lowest BCUT2D eigenvalue weighted by atomic mass is 10.1. The first-order valence-electron chi connectivity index (χ1n) is 4.90. The van der Waals surface area contributed by atoms with E-state index in [9.17, 15) is 9.46 Å². The van der Waals surface area contributed by atoms with Crippen LogP contribution in [0.4, 0.5) is 0 Å². The highest BCUT2D eigenvalue weighted by Gasteiger charge is 2.25. The summed E-state index contributed by atoms with van der Waals surface area (Å²) < 4.78 is 20.9. The lowest BCUT2D eigenvalue weighted by Crippen LogP contribution is -2.04. The Bertz CT molecular complexity index is 212. The van der Waals surface area contributed by atoms with E-state index < -0.39 is 7.82 Å². The minimum atomic E-state index is -3.83. The van der Waals surface area contributed by atoms with Gasteiger partial charge in [-0.1, -0.05) is 35.2 Å². The van der Waals surface area contributed by atoms with E-state index in [1.54, 1.807) is 0 Å². The molecule has 0 aromatic carbocycles. The smallest absolute Gasteiger partial charge is 0.302 e. The molecule has 1 heterocycles. The summed E-state index contributed by atoms with van der Waals surface area (Å²) in [6.07, 6.45) is 5.91. The first kappa shape index (κ1) is 12.7. The molecule has 4 nitrogen and oxygen atoms in total. The van der Waals surface area contributed by atoms with Crippen LogP contribution in [0.1, 0.15) is 38.5 Å². The van der Waals surface area contributed by atoms with Crippen molar-refractivity contribution in [3.05, 3.63) is 0 Å². The Kier molecular flexibility index (Phi) is 5.64. The van der Waals surface area contributed by atoms with E-state index in [0.717, 1.165) is 38.5 Å². The lowest BCUT2D eigenvalue weighted by Gasteiger charge is -2.15. The molecular formula is C8H16BrO4P. The van der Waals surface area contributed by atoms with Crippen LogP contribution in [0.2, 0.25) is 0 Å². The van der Waals surface area contributed by atoms with Gasteiger partial charge < -0.3 is 4.89 Å². The molecule has 0 saturated carbocycles. The summed E-state index contributed by atoms with van der Waals surface area (Å²) in [6, 6.07) is 0. The average molecular weight is 287 g/mol. The molecule has 2 unspecified atom stereocenters. The first-order chi connectivity index (χ1) is 6.60. The number of phosphoric acid groups is 1. The van der Waals surface area contributed by atoms with Crippen LogP contribution in [0, 0.1) is 0 Å². The van der Waals surface area contributed by atoms with Crippen molar-refractivity contribution >= 4 is 23.8 Å². The summed E-state index contributed by atoms with van der Waals surface area (Å²) >= 11 is 3.20. The molecule has 0 spiro atoms. The molecule has 0 aromatic heterocycles. The number of halogens is 1. The van der Waals surface area contributed by atoms with Crippen LogP contribution in [0.25, 0.3) is 0 Å². The molecule has 1 N–H and O–H groups in total. The Morgan fingerprint density at radius 2 is 1.86 bits per heavy atom. The van der Waals surface area contributed by atoms with E-state index in [1.807, 2.05) is 0 Å². The van der Waals surface area contributed by atoms with E-state index >= 15 is 0 Å². The van der Waals surface area contributed by atoms with Gasteiger partial charge in [-0.3, -0.25) is 9.05 Å². The minimum Gasteiger partial charge on any atom is -0.302 e. The summed E-state index contributed by atoms with van der Waals surface area (Å²) in [6.45, 7) is 0.299. The zero-order valence-corrected chi connectivity index (χ0v) is 10.5. The number of alkyl halides is 1. The molecule has 0 amide bonds. The van der Waals surface area contributed by atoms with Crippen LogP contribution in [-0.2, 0) is 13.6 Å². The van der Waals surface area contributed by atoms with Gasteiger partial charge in [0.1, 0.15) is 5.01 Å². The van der Waals surface area contributed by atoms with Crippen LogP contribution in [-0.4, -0.2) is 16.5 Å². The highest BCUT2D eigenvalue weighted by atomic mass is 79.9. The van der Waals surface area contributed by atoms with Crippen molar-refractivity contribution in [1.29, 1.82) is 0 Å². The molecule has 0 radical (unpaired) electrons. The zero-order chi connectivity index (χ0) is 10.4. The highest BCUT2D eigenvalue weighted by molar-refractivity contribution is 9.09. The van der Waals surface area contributed by atoms with Crippen molar-refractivity contribution < 1.29 is 18.5 Å². The van der Waals surface area contributed by atoms with Gasteiger partial charge in [-0.05, 0) is 19.3 Å². The molecule has 0 bridgehead atoms. The highest BCUT2D eigenvalue weighted by Crippen LogP contribution is 2.46. The van der Waals surface area contributed by atoms with Crippen LogP contribution < -0.4 is 0 Å². The Morgan fingerprint density at radius 3 is 2.64 bits per heavy atom. The van der Waals surface area contributed by atoms with Crippen molar-refractivity contribution in [2.24, 2.45) is 0 Å². The van der Waals surface area contributed by atoms with Gasteiger partial charge in [-0.2, -0.15) is 0 Å². The molecule has 1 aliphatic heterocycles. The third-order valence-electron chi connectivity index (χ3n) is 2.08. The molecule has 1 saturated heterocycles. The van der Waals surface area contributed by atoms with Gasteiger partial charge in [0, 0.05) is 0 Å². The maximum absolute atomic E-state index is 11.3. The predicted molar refractivity (Wildman–Crippen MR) is 57.3 cm³/mol. The summed E-state index contributed by atoms with van der Waals surface area (Å²) in [7, 11) is -3.83. The van der Waals surface area contributed by atoms with E-state index in [0.29, 0.717) is 6.61 Å². The molecule has 0 aliphatic carbocycles. The van der Waals surface area contributed by atoms with E-state index in [1.165, 1.54) is 0 Å². The standard InChI is InChI=1S/C8H16BrO4P/c9-8-6-4-2-1-3-5-7-12-14(10,11)13-8/h8H,1-7H2,(H,10,11). The molecule has 6 heteroatoms. The predicted octanol–water partition coefficient (Wildman–Crippen LogP) is 3.20. The molecule has 1 rings (SSSR count). The van der Waals surface area contributed by atoms with Gasteiger partial charge in [0.2, 0.25) is 0 Å². The minimum absolute atomic E-state index is 0.299. The zero-order valence-electron chi connectivity index (χ0n) is 8.02. The second-order valence-corrected chi connectivity index (χ2v) is 5.80. The molecule has 1 aliphatic rings. The fraction of sp³-hybridized carbons (Fsp3) is 1.00. The van der Waals surface area contributed by atoms with Gasteiger partial charge >= 0.3 is 7.82 Å². The Hall–Kier alpha value is 0.590. The van der Waals surface area contributed by atoms with Gasteiger partial charge in [-0.25, -0.2) is 4.57 Å². The number of rotatable bonds is 0. The van der Waals surface area contributed by atoms with Crippen LogP contribution >= 0.6 is 23.8 Å². The van der Waals surface area contributed by atoms with Crippen LogP contribution in [0.15, 0.2) is 0 Å². The van der Waals surface area contributed by atoms with Crippen molar-refractivity contribution in [2.45, 2.75) is 43.5 Å². The third kappa shape index (κ3) is 5.47. The van der Waals surface area contributed by atoms with Crippen molar-refractivity contribution in [1.82, 2.24) is 0 Å². The Morgan fingerprint density at radius 1 is 1.21 bits per heavy atom. The first-order valence-corrected chi connectivity index (χ1v) is 7.31. The second-order valence-electron chi connectivity index (χ2n) is 3.37. The summed E-state index contributed by atoms with van der Waals surface area (Å²) in [4.78, 5) is 9.24. The van der Waals surface area contributed by atoms with E-state index in [2.05, 4.69) is 15.9 Å². The van der Waals surface area contributed by atoms with E-state index in [4.69, 9.17) is 9.05 Å². The maximum Gasteiger partial charge on any atom is 0.473 e. The fourth-order valence-electron chi connectivity index (χ4n) is 1.34. The Balaban J connectivity index is 2.44. The molecule has 0 aromatic rings. The molecule has 2 atom stereocenters. The topological polar surface area (TPSA) is 55.8 Å². The lowest BCUT2D eigenvalue weighted by molar-refractivity contribution is 0.138.